The van der Waals surface area contributed by atoms with Crippen molar-refractivity contribution in [3.8, 4) is 17.2 Å². The van der Waals surface area contributed by atoms with Gasteiger partial charge in [-0.3, -0.25) is 4.79 Å². The Kier molecular flexibility index (Phi) is 5.10. The Bertz CT molecular complexity index is 1050. The molecule has 0 saturated carbocycles. The number of hydrogen-bond acceptors (Lipinski definition) is 5. The van der Waals surface area contributed by atoms with Crippen molar-refractivity contribution in [2.24, 2.45) is 5.10 Å². The molecule has 1 N–H and O–H groups in total. The predicted molar refractivity (Wildman–Crippen MR) is 108 cm³/mol. The fraction of sp³-hybridized carbons (Fsp3) is 0.182. The van der Waals surface area contributed by atoms with Crippen molar-refractivity contribution >= 4 is 22.9 Å². The molecular weight excluding hydrogens is 356 g/mol. The van der Waals surface area contributed by atoms with E-state index < -0.39 is 0 Å². The van der Waals surface area contributed by atoms with E-state index in [4.69, 9.17) is 14.2 Å². The maximum atomic E-state index is 12.4. The summed E-state index contributed by atoms with van der Waals surface area (Å²) in [6.45, 7) is 3.45. The predicted octanol–water partition coefficient (Wildman–Crippen LogP) is 3.77. The van der Waals surface area contributed by atoms with Crippen LogP contribution in [0.25, 0.3) is 10.8 Å². The van der Waals surface area contributed by atoms with Crippen LogP contribution in [0.15, 0.2) is 59.7 Å². The van der Waals surface area contributed by atoms with Crippen molar-refractivity contribution in [1.29, 1.82) is 0 Å². The van der Waals surface area contributed by atoms with Gasteiger partial charge in [0.25, 0.3) is 5.91 Å². The average Bonchev–Trinajstić information content (AvgIpc) is 2.74. The Morgan fingerprint density at radius 3 is 2.79 bits per heavy atom. The van der Waals surface area contributed by atoms with Crippen LogP contribution in [0.1, 0.15) is 22.8 Å². The highest BCUT2D eigenvalue weighted by atomic mass is 16.6. The summed E-state index contributed by atoms with van der Waals surface area (Å²) >= 11 is 0. The summed E-state index contributed by atoms with van der Waals surface area (Å²) in [6.07, 6.45) is 1.61. The molecule has 6 heteroatoms. The molecule has 3 aromatic carbocycles. The van der Waals surface area contributed by atoms with Crippen LogP contribution >= 0.6 is 0 Å². The van der Waals surface area contributed by atoms with Crippen LogP contribution in [0.4, 0.5) is 0 Å². The maximum absolute atomic E-state index is 12.4. The average molecular weight is 376 g/mol. The summed E-state index contributed by atoms with van der Waals surface area (Å²) in [7, 11) is 0. The topological polar surface area (TPSA) is 69.2 Å². The van der Waals surface area contributed by atoms with Crippen LogP contribution in [0.2, 0.25) is 0 Å². The second-order valence-electron chi connectivity index (χ2n) is 6.19. The number of hydrogen-bond donors (Lipinski definition) is 1. The molecule has 0 atom stereocenters. The van der Waals surface area contributed by atoms with E-state index in [0.29, 0.717) is 36.9 Å². The molecule has 1 amide bonds. The Balaban J connectivity index is 1.56. The molecule has 1 heterocycles. The van der Waals surface area contributed by atoms with Crippen LogP contribution < -0.4 is 19.6 Å². The third-order valence-corrected chi connectivity index (χ3v) is 4.39. The zero-order chi connectivity index (χ0) is 19.3. The first kappa shape index (κ1) is 17.9. The van der Waals surface area contributed by atoms with Gasteiger partial charge < -0.3 is 14.2 Å². The Labute approximate surface area is 162 Å². The third-order valence-electron chi connectivity index (χ3n) is 4.39. The lowest BCUT2D eigenvalue weighted by molar-refractivity contribution is 0.0954. The summed E-state index contributed by atoms with van der Waals surface area (Å²) in [5.74, 6) is 1.60. The van der Waals surface area contributed by atoms with E-state index >= 15 is 0 Å². The highest BCUT2D eigenvalue weighted by molar-refractivity contribution is 6.03. The first-order valence-electron chi connectivity index (χ1n) is 9.14. The van der Waals surface area contributed by atoms with Gasteiger partial charge in [0, 0.05) is 11.1 Å². The summed E-state index contributed by atoms with van der Waals surface area (Å²) in [4.78, 5) is 12.4. The summed E-state index contributed by atoms with van der Waals surface area (Å²) in [6, 6.07) is 16.9. The van der Waals surface area contributed by atoms with Crippen LogP contribution in [-0.4, -0.2) is 31.9 Å². The molecule has 0 spiro atoms. The van der Waals surface area contributed by atoms with Crippen LogP contribution in [0, 0.1) is 0 Å². The molecule has 0 unspecified atom stereocenters. The number of carbonyl (C=O) groups excluding carboxylic acids is 1. The molecule has 6 nitrogen and oxygen atoms in total. The number of fused-ring (bicyclic) bond motifs is 2. The normalized spacial score (nSPS) is 12.9. The minimum Gasteiger partial charge on any atom is -0.493 e. The van der Waals surface area contributed by atoms with Gasteiger partial charge in [0.15, 0.2) is 11.5 Å². The summed E-state index contributed by atoms with van der Waals surface area (Å²) in [5, 5.41) is 6.23. The van der Waals surface area contributed by atoms with Gasteiger partial charge in [0.05, 0.1) is 12.8 Å². The Hall–Kier alpha value is -3.54. The number of nitrogens with zero attached hydrogens (tertiary/aromatic N) is 1. The molecule has 0 fully saturated rings. The summed E-state index contributed by atoms with van der Waals surface area (Å²) in [5.41, 5.74) is 3.84. The number of ether oxygens (including phenoxy) is 3. The highest BCUT2D eigenvalue weighted by Crippen LogP contribution is 2.30. The van der Waals surface area contributed by atoms with Crippen molar-refractivity contribution in [3.63, 3.8) is 0 Å². The minimum atomic E-state index is -0.327. The van der Waals surface area contributed by atoms with Crippen LogP contribution in [0.3, 0.4) is 0 Å². The van der Waals surface area contributed by atoms with Gasteiger partial charge in [-0.1, -0.05) is 30.3 Å². The minimum absolute atomic E-state index is 0.327. The van der Waals surface area contributed by atoms with E-state index in [-0.39, 0.29) is 5.91 Å². The number of nitrogens with one attached hydrogen (secondary N) is 1. The number of benzene rings is 3. The Morgan fingerprint density at radius 1 is 1.11 bits per heavy atom. The third kappa shape index (κ3) is 3.62. The maximum Gasteiger partial charge on any atom is 0.271 e. The molecule has 0 radical (unpaired) electrons. The van der Waals surface area contributed by atoms with Gasteiger partial charge in [-0.25, -0.2) is 5.43 Å². The van der Waals surface area contributed by atoms with Crippen LogP contribution in [0.5, 0.6) is 17.2 Å². The number of rotatable bonds is 5. The second-order valence-corrected chi connectivity index (χ2v) is 6.19. The van der Waals surface area contributed by atoms with E-state index in [0.717, 1.165) is 22.1 Å². The second kappa shape index (κ2) is 8.00. The van der Waals surface area contributed by atoms with Crippen molar-refractivity contribution < 1.29 is 19.0 Å². The van der Waals surface area contributed by atoms with Gasteiger partial charge in [-0.2, -0.15) is 5.10 Å². The molecule has 0 saturated heterocycles. The molecule has 0 aliphatic carbocycles. The monoisotopic (exact) mass is 376 g/mol. The van der Waals surface area contributed by atoms with E-state index in [1.54, 1.807) is 24.4 Å². The molecule has 1 aliphatic rings. The van der Waals surface area contributed by atoms with Crippen molar-refractivity contribution in [1.82, 2.24) is 5.43 Å². The highest BCUT2D eigenvalue weighted by Gasteiger charge is 2.14. The number of amides is 1. The van der Waals surface area contributed by atoms with E-state index in [1.807, 2.05) is 43.3 Å². The molecule has 28 heavy (non-hydrogen) atoms. The first-order chi connectivity index (χ1) is 13.8. The zero-order valence-electron chi connectivity index (χ0n) is 15.5. The zero-order valence-corrected chi connectivity index (χ0v) is 15.5. The van der Waals surface area contributed by atoms with Crippen molar-refractivity contribution in [2.75, 3.05) is 19.8 Å². The fourth-order valence-corrected chi connectivity index (χ4v) is 3.09. The number of carbonyl (C=O) groups is 1. The van der Waals surface area contributed by atoms with Crippen molar-refractivity contribution in [3.05, 3.63) is 65.7 Å². The summed E-state index contributed by atoms with van der Waals surface area (Å²) < 4.78 is 16.7. The molecule has 142 valence electrons. The molecule has 0 bridgehead atoms. The molecule has 0 aromatic heterocycles. The van der Waals surface area contributed by atoms with Crippen molar-refractivity contribution in [2.45, 2.75) is 6.92 Å². The largest absolute Gasteiger partial charge is 0.493 e. The standard InChI is InChI=1S/C22H20N2O4/c1-2-26-19-9-7-15-5-3-4-6-17(15)18(19)14-23-24-22(25)16-8-10-20-21(13-16)28-12-11-27-20/h3-10,13-14H,2,11-12H2,1H3,(H,24,25)/b23-14-. The molecular formula is C22H20N2O4. The lowest BCUT2D eigenvalue weighted by atomic mass is 10.0. The lowest BCUT2D eigenvalue weighted by Crippen LogP contribution is -2.19. The van der Waals surface area contributed by atoms with Gasteiger partial charge in [-0.05, 0) is 42.0 Å². The smallest absolute Gasteiger partial charge is 0.271 e. The molecule has 4 rings (SSSR count). The van der Waals surface area contributed by atoms with Gasteiger partial charge in [0.1, 0.15) is 19.0 Å². The first-order valence-corrected chi connectivity index (χ1v) is 9.14. The van der Waals surface area contributed by atoms with Gasteiger partial charge in [-0.15, -0.1) is 0 Å². The fourth-order valence-electron chi connectivity index (χ4n) is 3.09. The molecule has 3 aromatic rings. The number of hydrazone groups is 1. The van der Waals surface area contributed by atoms with E-state index in [9.17, 15) is 4.79 Å². The van der Waals surface area contributed by atoms with Gasteiger partial charge >= 0.3 is 0 Å². The quantitative estimate of drug-likeness (QED) is 0.544. The van der Waals surface area contributed by atoms with E-state index in [2.05, 4.69) is 10.5 Å². The van der Waals surface area contributed by atoms with Crippen LogP contribution in [-0.2, 0) is 0 Å². The SMILES string of the molecule is CCOc1ccc2ccccc2c1/C=N\NC(=O)c1ccc2c(c1)OCCO2. The van der Waals surface area contributed by atoms with E-state index in [1.165, 1.54) is 0 Å². The van der Waals surface area contributed by atoms with Gasteiger partial charge in [0.2, 0.25) is 0 Å². The molecule has 1 aliphatic heterocycles. The lowest BCUT2D eigenvalue weighted by Gasteiger charge is -2.18. The Morgan fingerprint density at radius 2 is 1.93 bits per heavy atom.